The van der Waals surface area contributed by atoms with Gasteiger partial charge in [-0.1, -0.05) is 153 Å². The topological polar surface area (TPSA) is 353 Å². The van der Waals surface area contributed by atoms with Crippen molar-refractivity contribution in [3.63, 3.8) is 0 Å². The summed E-state index contributed by atoms with van der Waals surface area (Å²) < 4.78 is 176. The highest BCUT2D eigenvalue weighted by atomic mass is 79.9. The number of carbonyl (C=O) groups is 5. The Bertz CT molecular complexity index is 7280. The predicted octanol–water partition coefficient (Wildman–Crippen LogP) is 19.8. The number of amides is 5. The second-order valence-electron chi connectivity index (χ2n) is 37.6. The summed E-state index contributed by atoms with van der Waals surface area (Å²) in [6.45, 7) is 18.8. The molecule has 11 heterocycles. The molecule has 0 aliphatic carbocycles. The average molecular weight is 2170 g/mol. The van der Waals surface area contributed by atoms with Gasteiger partial charge in [0.15, 0.2) is 0 Å². The van der Waals surface area contributed by atoms with Crippen LogP contribution >= 0.6 is 27.3 Å². The van der Waals surface area contributed by atoms with Crippen molar-refractivity contribution in [2.45, 2.75) is 200 Å². The molecule has 21 rings (SSSR count). The zero-order valence-electron chi connectivity index (χ0n) is 82.3. The van der Waals surface area contributed by atoms with Crippen molar-refractivity contribution in [3.8, 4) is 17.2 Å². The first-order valence-corrected chi connectivity index (χ1v) is 57.4. The number of cyclic esters (lactones) is 5. The maximum atomic E-state index is 13.3. The normalized spacial score (nSPS) is 18.3. The number of fused-ring (bicyclic) bond motifs is 5. The molecule has 5 fully saturated rings. The van der Waals surface area contributed by atoms with Crippen molar-refractivity contribution in [1.82, 2.24) is 21.5 Å². The Balaban J connectivity index is 0.000000125. The monoisotopic (exact) mass is 2160 g/mol. The van der Waals surface area contributed by atoms with Crippen LogP contribution < -0.4 is 34.0 Å². The van der Waals surface area contributed by atoms with Crippen LogP contribution in [0.15, 0.2) is 258 Å². The van der Waals surface area contributed by atoms with Crippen LogP contribution in [0.5, 0.6) is 17.2 Å². The van der Waals surface area contributed by atoms with E-state index >= 15 is 0 Å². The van der Waals surface area contributed by atoms with Gasteiger partial charge in [0.25, 0.3) is 10.0 Å². The second kappa shape index (κ2) is 44.9. The number of para-hydroxylation sites is 2. The maximum Gasteiger partial charge on any atom is 0.414 e. The first-order valence-electron chi connectivity index (χ1n) is 48.5. The number of nitrogens with zero attached hydrogens (tertiary/aromatic N) is 10. The highest BCUT2D eigenvalue weighted by Crippen LogP contribution is 2.43. The zero-order valence-corrected chi connectivity index (χ0v) is 88.8. The van der Waals surface area contributed by atoms with Gasteiger partial charge in [0, 0.05) is 134 Å². The van der Waals surface area contributed by atoms with Gasteiger partial charge in [-0.2, -0.15) is 21.5 Å². The standard InChI is InChI=1S/C26H25BrN2O5S.C22H26N2O4S.C21H24N2O5S.C20H22N2O4S.C18H20N2O4S2/c1-18-2-11-25-19(16-18)17-33-26(30)29(25)21-12-14-28(15-13-21)35(31,32)24-9-7-23(8-10-24)34-22-5-3-20(27)4-6-22;1-15-5-7-21(17(3)12-15)29(26,27)23-10-8-19(9-11-23)24-20-6-4-16(2)13-18(20)14-28-22(24)25;1-15-5-3-6-16-14-28-21(24)23(20(15)16)17-9-11-22(12-10-17)29(25,26)19-8-4-7-18(13-19)27-2;1-15-6-5-7-16-14-26-20(23)22(19(15)16)17-10-12-21(13-11-17)27(24,25)18-8-3-2-4-9-18;1-13-4-5-16-14(11-13)12-24-18(21)20(16)15-6-8-19(9-7-15)26(22,23)17-3-2-10-25-17/h2-11,16,21H,12-15,17H2,1H3;4-7,12-13,19H,8-11,14H2,1-3H3;3-8,13,17H,9-12,14H2,1-2H3;2-9,17H,10-14H2,1H3;2-5,10-11,15H,6-9,12H2,1H3. The molecule has 5 saturated heterocycles. The second-order valence-corrected chi connectivity index (χ2v) is 49.3. The molecule has 0 unspecified atom stereocenters. The van der Waals surface area contributed by atoms with E-state index < -0.39 is 50.1 Å². The van der Waals surface area contributed by atoms with E-state index in [4.69, 9.17) is 33.2 Å². The summed E-state index contributed by atoms with van der Waals surface area (Å²) in [6.07, 6.45) is 3.88. The molecule has 32 nitrogen and oxygen atoms in total. The number of benzene rings is 10. The Morgan fingerprint density at radius 1 is 0.295 bits per heavy atom. The predicted molar refractivity (Wildman–Crippen MR) is 558 cm³/mol. The van der Waals surface area contributed by atoms with E-state index in [9.17, 15) is 66.1 Å². The first kappa shape index (κ1) is 105. The number of hydrogen-bond acceptors (Lipinski definition) is 23. The lowest BCUT2D eigenvalue weighted by atomic mass is 10.00. The van der Waals surface area contributed by atoms with Crippen LogP contribution in [0, 0.1) is 48.5 Å². The molecule has 10 aliphatic heterocycles. The van der Waals surface area contributed by atoms with Crippen LogP contribution in [-0.2, 0) is 107 Å². The fraction of sp³-hybridized carbons (Fsp3) is 0.355. The van der Waals surface area contributed by atoms with E-state index in [0.717, 1.165) is 99.7 Å². The Morgan fingerprint density at radius 2 is 0.623 bits per heavy atom. The summed E-state index contributed by atoms with van der Waals surface area (Å²) in [5, 5.41) is 1.77. The first-order chi connectivity index (χ1) is 69.9. The lowest BCUT2D eigenvalue weighted by molar-refractivity contribution is 0.135. The molecule has 39 heteroatoms. The third-order valence-electron chi connectivity index (χ3n) is 27.9. The number of hydrogen-bond donors (Lipinski definition) is 0. The van der Waals surface area contributed by atoms with Crippen LogP contribution in [-0.4, -0.2) is 197 Å². The number of thiophene rings is 1. The molecule has 10 aromatic carbocycles. The van der Waals surface area contributed by atoms with E-state index in [1.807, 2.05) is 176 Å². The number of aryl methyl sites for hydroxylation is 7. The van der Waals surface area contributed by atoms with E-state index in [1.54, 1.807) is 121 Å². The van der Waals surface area contributed by atoms with Crippen LogP contribution in [0.2, 0.25) is 0 Å². The molecule has 0 radical (unpaired) electrons. The smallest absolute Gasteiger partial charge is 0.414 e. The van der Waals surface area contributed by atoms with Gasteiger partial charge < -0.3 is 33.2 Å². The third-order valence-corrected chi connectivity index (χ3v) is 39.5. The summed E-state index contributed by atoms with van der Waals surface area (Å²) in [6, 6.07) is 66.9. The Labute approximate surface area is 865 Å². The number of ether oxygens (including phenoxy) is 7. The minimum absolute atomic E-state index is 0.0564. The highest BCUT2D eigenvalue weighted by Gasteiger charge is 2.45. The highest BCUT2D eigenvalue weighted by molar-refractivity contribution is 9.10. The summed E-state index contributed by atoms with van der Waals surface area (Å²) in [5.41, 5.74) is 16.6. The van der Waals surface area contributed by atoms with Crippen molar-refractivity contribution in [1.29, 1.82) is 0 Å². The molecule has 5 amide bonds. The summed E-state index contributed by atoms with van der Waals surface area (Å²) in [5.74, 6) is 1.73. The van der Waals surface area contributed by atoms with Gasteiger partial charge >= 0.3 is 30.5 Å². The molecular weight excluding hydrogens is 2050 g/mol. The van der Waals surface area contributed by atoms with Crippen LogP contribution in [0.3, 0.4) is 0 Å². The van der Waals surface area contributed by atoms with Crippen LogP contribution in [0.4, 0.5) is 52.4 Å². The van der Waals surface area contributed by atoms with E-state index in [2.05, 4.69) is 15.9 Å². The van der Waals surface area contributed by atoms with Gasteiger partial charge in [-0.3, -0.25) is 24.5 Å². The number of anilines is 5. The lowest BCUT2D eigenvalue weighted by Gasteiger charge is -2.40. The number of carbonyl (C=O) groups excluding carboxylic acids is 5. The van der Waals surface area contributed by atoms with Crippen molar-refractivity contribution in [3.05, 3.63) is 301 Å². The minimum atomic E-state index is -3.65. The zero-order chi connectivity index (χ0) is 103. The van der Waals surface area contributed by atoms with Crippen molar-refractivity contribution in [2.24, 2.45) is 0 Å². The maximum absolute atomic E-state index is 13.3. The fourth-order valence-corrected chi connectivity index (χ4v) is 29.4. The number of rotatable bonds is 18. The molecule has 0 bridgehead atoms. The van der Waals surface area contributed by atoms with Gasteiger partial charge in [0.1, 0.15) is 54.5 Å². The Hall–Kier alpha value is -12.1. The Morgan fingerprint density at radius 3 is 1.01 bits per heavy atom. The summed E-state index contributed by atoms with van der Waals surface area (Å²) in [4.78, 5) is 72.1. The number of methoxy groups -OCH3 is 1. The number of halogens is 1. The molecule has 0 spiro atoms. The van der Waals surface area contributed by atoms with E-state index in [1.165, 1.54) is 46.0 Å². The molecule has 11 aromatic rings. The molecule has 10 aliphatic rings. The SMILES string of the molecule is COc1cccc(S(=O)(=O)N2CCC(N3C(=O)OCc4cccc(C)c43)CC2)c1.Cc1ccc(S(=O)(=O)N2CCC(N3C(=O)OCc4cc(C)ccc43)CC2)c(C)c1.Cc1ccc2c(c1)COC(=O)N2C1CCN(S(=O)(=O)c2ccc(Oc3ccc(Br)cc3)cc2)CC1.Cc1ccc2c(c1)COC(=O)N2C1CCN(S(=O)(=O)c2cccs2)CC1.Cc1cccc2c1N(C1CCN(S(=O)(=O)c3ccccc3)CC1)C(=O)OC2. The van der Waals surface area contributed by atoms with Crippen molar-refractivity contribution >= 4 is 136 Å². The van der Waals surface area contributed by atoms with Gasteiger partial charge in [-0.25, -0.2) is 66.1 Å². The lowest BCUT2D eigenvalue weighted by Crippen LogP contribution is -2.50. The minimum Gasteiger partial charge on any atom is -0.497 e. The molecule has 770 valence electrons. The summed E-state index contributed by atoms with van der Waals surface area (Å²) >= 11 is 4.62. The van der Waals surface area contributed by atoms with E-state index in [0.29, 0.717) is 161 Å². The van der Waals surface area contributed by atoms with Gasteiger partial charge in [-0.05, 0) is 238 Å². The Kier molecular flexibility index (Phi) is 32.4. The summed E-state index contributed by atoms with van der Waals surface area (Å²) in [7, 11) is -16.2. The fourth-order valence-electron chi connectivity index (χ4n) is 20.4. The van der Waals surface area contributed by atoms with Crippen molar-refractivity contribution < 1.29 is 99.2 Å². The third kappa shape index (κ3) is 22.9. The van der Waals surface area contributed by atoms with Crippen LogP contribution in [0.1, 0.15) is 131 Å². The van der Waals surface area contributed by atoms with Crippen molar-refractivity contribution in [2.75, 3.05) is 97.1 Å². The number of sulfonamides is 5. The molecule has 0 atom stereocenters. The van der Waals surface area contributed by atoms with Gasteiger partial charge in [0.2, 0.25) is 40.1 Å². The average Bonchev–Trinajstić information content (AvgIpc) is 0.944. The molecule has 146 heavy (non-hydrogen) atoms. The molecule has 0 N–H and O–H groups in total. The van der Waals surface area contributed by atoms with Crippen LogP contribution in [0.25, 0.3) is 0 Å². The molecule has 0 saturated carbocycles. The number of piperidine rings is 5. The quantitative estimate of drug-likeness (QED) is 0.0720. The molecular formula is C107H117BrN10O22S6. The van der Waals surface area contributed by atoms with Gasteiger partial charge in [0.05, 0.1) is 55.1 Å². The van der Waals surface area contributed by atoms with Gasteiger partial charge in [-0.15, -0.1) is 11.3 Å². The van der Waals surface area contributed by atoms with E-state index in [-0.39, 0.29) is 104 Å². The molecule has 1 aromatic heterocycles. The largest absolute Gasteiger partial charge is 0.497 e.